The van der Waals surface area contributed by atoms with E-state index < -0.39 is 0 Å². The predicted molar refractivity (Wildman–Crippen MR) is 116 cm³/mol. The first kappa shape index (κ1) is 20.7. The van der Waals surface area contributed by atoms with Gasteiger partial charge in [0.2, 0.25) is 0 Å². The van der Waals surface area contributed by atoms with Gasteiger partial charge >= 0.3 is 6.03 Å². The highest BCUT2D eigenvalue weighted by molar-refractivity contribution is 5.94. The van der Waals surface area contributed by atoms with E-state index in [0.717, 1.165) is 18.7 Å². The molecule has 6 heteroatoms. The Hall–Kier alpha value is -3.02. The van der Waals surface area contributed by atoms with Crippen LogP contribution in [0.25, 0.3) is 0 Å². The summed E-state index contributed by atoms with van der Waals surface area (Å²) in [5, 5.41) is 5.61. The van der Waals surface area contributed by atoms with Crippen molar-refractivity contribution in [1.82, 2.24) is 15.5 Å². The molecule has 29 heavy (non-hydrogen) atoms. The molecule has 0 aromatic heterocycles. The Morgan fingerprint density at radius 1 is 0.966 bits per heavy atom. The number of aryl methyl sites for hydroxylation is 1. The summed E-state index contributed by atoms with van der Waals surface area (Å²) in [4.78, 5) is 28.8. The number of nitrogens with one attached hydrogen (secondary N) is 2. The van der Waals surface area contributed by atoms with E-state index in [4.69, 9.17) is 0 Å². The molecule has 0 spiro atoms. The molecule has 0 atom stereocenters. The summed E-state index contributed by atoms with van der Waals surface area (Å²) in [6, 6.07) is 15.8. The number of piperazine rings is 1. The number of hydrogen-bond acceptors (Lipinski definition) is 3. The maximum Gasteiger partial charge on any atom is 0.315 e. The Kier molecular flexibility index (Phi) is 6.75. The van der Waals surface area contributed by atoms with E-state index in [9.17, 15) is 9.59 Å². The van der Waals surface area contributed by atoms with Gasteiger partial charge in [-0.3, -0.25) is 4.79 Å². The molecule has 1 fully saturated rings. The van der Waals surface area contributed by atoms with Gasteiger partial charge in [0.15, 0.2) is 0 Å². The highest BCUT2D eigenvalue weighted by Crippen LogP contribution is 2.21. The zero-order valence-corrected chi connectivity index (χ0v) is 17.4. The van der Waals surface area contributed by atoms with E-state index in [1.165, 1.54) is 11.3 Å². The van der Waals surface area contributed by atoms with Crippen molar-refractivity contribution >= 4 is 17.6 Å². The largest absolute Gasteiger partial charge is 0.368 e. The van der Waals surface area contributed by atoms with Gasteiger partial charge in [0.1, 0.15) is 0 Å². The second kappa shape index (κ2) is 9.45. The average Bonchev–Trinajstić information content (AvgIpc) is 2.72. The zero-order valence-electron chi connectivity index (χ0n) is 17.4. The summed E-state index contributed by atoms with van der Waals surface area (Å²) in [5.41, 5.74) is 4.16. The van der Waals surface area contributed by atoms with Crippen LogP contribution in [0.5, 0.6) is 0 Å². The van der Waals surface area contributed by atoms with E-state index in [1.54, 1.807) is 0 Å². The molecule has 6 nitrogen and oxygen atoms in total. The number of hydrogen-bond donors (Lipinski definition) is 2. The normalized spacial score (nSPS) is 14.1. The molecule has 2 aromatic carbocycles. The van der Waals surface area contributed by atoms with Crippen LogP contribution < -0.4 is 15.5 Å². The SMILES string of the molecule is Cc1ccccc1N1CCN(C(=O)c2ccc(CNC(=O)NC(C)C)cc2)CC1. The van der Waals surface area contributed by atoms with Crippen LogP contribution in [0, 0.1) is 6.92 Å². The fourth-order valence-corrected chi connectivity index (χ4v) is 3.51. The van der Waals surface area contributed by atoms with Crippen molar-refractivity contribution in [3.63, 3.8) is 0 Å². The number of carbonyl (C=O) groups is 2. The molecule has 0 aliphatic carbocycles. The molecular formula is C23H30N4O2. The van der Waals surface area contributed by atoms with Crippen LogP contribution in [0.3, 0.4) is 0 Å². The summed E-state index contributed by atoms with van der Waals surface area (Å²) in [6.45, 7) is 9.49. The van der Waals surface area contributed by atoms with Crippen molar-refractivity contribution in [3.8, 4) is 0 Å². The molecule has 0 saturated carbocycles. The van der Waals surface area contributed by atoms with Crippen LogP contribution >= 0.6 is 0 Å². The minimum atomic E-state index is -0.188. The Morgan fingerprint density at radius 3 is 2.24 bits per heavy atom. The fourth-order valence-electron chi connectivity index (χ4n) is 3.51. The Labute approximate surface area is 172 Å². The van der Waals surface area contributed by atoms with Crippen molar-refractivity contribution in [1.29, 1.82) is 0 Å². The molecule has 154 valence electrons. The first-order chi connectivity index (χ1) is 13.9. The second-order valence-electron chi connectivity index (χ2n) is 7.74. The van der Waals surface area contributed by atoms with Gasteiger partial charge in [0, 0.05) is 50.0 Å². The first-order valence-corrected chi connectivity index (χ1v) is 10.2. The van der Waals surface area contributed by atoms with Crippen LogP contribution in [0.1, 0.15) is 35.3 Å². The molecular weight excluding hydrogens is 364 g/mol. The number of urea groups is 1. The highest BCUT2D eigenvalue weighted by Gasteiger charge is 2.22. The lowest BCUT2D eigenvalue weighted by Crippen LogP contribution is -2.49. The van der Waals surface area contributed by atoms with Gasteiger partial charge in [-0.2, -0.15) is 0 Å². The topological polar surface area (TPSA) is 64.7 Å². The van der Waals surface area contributed by atoms with E-state index >= 15 is 0 Å². The van der Waals surface area contributed by atoms with Crippen molar-refractivity contribution in [3.05, 3.63) is 65.2 Å². The number of carbonyl (C=O) groups excluding carboxylic acids is 2. The summed E-state index contributed by atoms with van der Waals surface area (Å²) in [6.07, 6.45) is 0. The predicted octanol–water partition coefficient (Wildman–Crippen LogP) is 3.17. The van der Waals surface area contributed by atoms with Gasteiger partial charge in [0.05, 0.1) is 0 Å². The van der Waals surface area contributed by atoms with E-state index in [-0.39, 0.29) is 18.0 Å². The fraction of sp³-hybridized carbons (Fsp3) is 0.391. The third kappa shape index (κ3) is 5.50. The molecule has 1 aliphatic rings. The molecule has 3 amide bonds. The van der Waals surface area contributed by atoms with E-state index in [1.807, 2.05) is 43.0 Å². The smallest absolute Gasteiger partial charge is 0.315 e. The molecule has 0 unspecified atom stereocenters. The molecule has 1 saturated heterocycles. The third-order valence-corrected chi connectivity index (χ3v) is 5.10. The second-order valence-corrected chi connectivity index (χ2v) is 7.74. The first-order valence-electron chi connectivity index (χ1n) is 10.2. The summed E-state index contributed by atoms with van der Waals surface area (Å²) in [7, 11) is 0. The lowest BCUT2D eigenvalue weighted by atomic mass is 10.1. The van der Waals surface area contributed by atoms with Crippen molar-refractivity contribution in [2.24, 2.45) is 0 Å². The van der Waals surface area contributed by atoms with Gasteiger partial charge in [-0.1, -0.05) is 30.3 Å². The summed E-state index contributed by atoms with van der Waals surface area (Å²) in [5.74, 6) is 0.0616. The number of para-hydroxylation sites is 1. The van der Waals surface area contributed by atoms with Crippen LogP contribution in [0.4, 0.5) is 10.5 Å². The monoisotopic (exact) mass is 394 g/mol. The molecule has 2 N–H and O–H groups in total. The van der Waals surface area contributed by atoms with E-state index in [0.29, 0.717) is 25.2 Å². The number of benzene rings is 2. The molecule has 3 rings (SSSR count). The molecule has 0 radical (unpaired) electrons. The Morgan fingerprint density at radius 2 is 1.62 bits per heavy atom. The maximum atomic E-state index is 12.8. The summed E-state index contributed by atoms with van der Waals surface area (Å²) >= 11 is 0. The standard InChI is InChI=1S/C23H30N4O2/c1-17(2)25-23(29)24-16-19-8-10-20(11-9-19)22(28)27-14-12-26(13-15-27)21-7-5-4-6-18(21)3/h4-11,17H,12-16H2,1-3H3,(H2,24,25,29). The quantitative estimate of drug-likeness (QED) is 0.819. The van der Waals surface area contributed by atoms with Crippen LogP contribution in [-0.2, 0) is 6.54 Å². The Balaban J connectivity index is 1.52. The van der Waals surface area contributed by atoms with E-state index in [2.05, 4.69) is 46.7 Å². The number of anilines is 1. The zero-order chi connectivity index (χ0) is 20.8. The lowest BCUT2D eigenvalue weighted by Gasteiger charge is -2.36. The lowest BCUT2D eigenvalue weighted by molar-refractivity contribution is 0.0746. The van der Waals surface area contributed by atoms with Crippen molar-refractivity contribution in [2.45, 2.75) is 33.4 Å². The van der Waals surface area contributed by atoms with Gasteiger partial charge in [-0.25, -0.2) is 4.79 Å². The minimum absolute atomic E-state index is 0.0616. The van der Waals surface area contributed by atoms with Crippen LogP contribution in [0.2, 0.25) is 0 Å². The molecule has 0 bridgehead atoms. The van der Waals surface area contributed by atoms with Gasteiger partial charge in [0.25, 0.3) is 5.91 Å². The summed E-state index contributed by atoms with van der Waals surface area (Å²) < 4.78 is 0. The molecule has 1 heterocycles. The van der Waals surface area contributed by atoms with Gasteiger partial charge in [-0.05, 0) is 50.1 Å². The van der Waals surface area contributed by atoms with Gasteiger partial charge in [-0.15, -0.1) is 0 Å². The van der Waals surface area contributed by atoms with Crippen LogP contribution in [-0.4, -0.2) is 49.1 Å². The van der Waals surface area contributed by atoms with Crippen molar-refractivity contribution in [2.75, 3.05) is 31.1 Å². The number of nitrogens with zero attached hydrogens (tertiary/aromatic N) is 2. The third-order valence-electron chi connectivity index (χ3n) is 5.10. The highest BCUT2D eigenvalue weighted by atomic mass is 16.2. The number of rotatable bonds is 5. The minimum Gasteiger partial charge on any atom is -0.368 e. The van der Waals surface area contributed by atoms with Crippen LogP contribution in [0.15, 0.2) is 48.5 Å². The maximum absolute atomic E-state index is 12.8. The number of amides is 3. The van der Waals surface area contributed by atoms with Gasteiger partial charge < -0.3 is 20.4 Å². The molecule has 1 aliphatic heterocycles. The molecule has 2 aromatic rings. The average molecular weight is 395 g/mol. The Bertz CT molecular complexity index is 840. The van der Waals surface area contributed by atoms with Crippen molar-refractivity contribution < 1.29 is 9.59 Å².